The molecule has 3 heteroatoms. The smallest absolute Gasteiger partial charge is 0.161 e. The van der Waals surface area contributed by atoms with E-state index < -0.39 is 0 Å². The van der Waals surface area contributed by atoms with Crippen LogP contribution in [-0.4, -0.2) is 26.8 Å². The van der Waals surface area contributed by atoms with Gasteiger partial charge in [-0.1, -0.05) is 32.9 Å². The predicted molar refractivity (Wildman–Crippen MR) is 84.6 cm³/mol. The van der Waals surface area contributed by atoms with Gasteiger partial charge in [0.15, 0.2) is 11.5 Å². The molecule has 0 heterocycles. The zero-order valence-electron chi connectivity index (χ0n) is 13.5. The molecule has 0 fully saturated rings. The molecule has 0 aromatic heterocycles. The zero-order valence-corrected chi connectivity index (χ0v) is 13.5. The summed E-state index contributed by atoms with van der Waals surface area (Å²) in [5.74, 6) is 2.26. The molecule has 1 atom stereocenters. The lowest BCUT2D eigenvalue weighted by Gasteiger charge is -2.30. The molecule has 1 rings (SSSR count). The summed E-state index contributed by atoms with van der Waals surface area (Å²) in [6.45, 7) is 11.2. The molecule has 0 aliphatic carbocycles. The predicted octanol–water partition coefficient (Wildman–Crippen LogP) is 3.74. The number of hydrogen-bond donors (Lipinski definition) is 1. The summed E-state index contributed by atoms with van der Waals surface area (Å²) in [5, 5.41) is 3.27. The van der Waals surface area contributed by atoms with Gasteiger partial charge in [0.1, 0.15) is 0 Å². The third-order valence-corrected chi connectivity index (χ3v) is 3.55. The van der Waals surface area contributed by atoms with E-state index in [0.717, 1.165) is 24.5 Å². The lowest BCUT2D eigenvalue weighted by molar-refractivity contribution is 0.178. The summed E-state index contributed by atoms with van der Waals surface area (Å²) in [6, 6.07) is 7.87. The Bertz CT molecular complexity index is 385. The maximum Gasteiger partial charge on any atom is 0.161 e. The van der Waals surface area contributed by atoms with Gasteiger partial charge in [-0.15, -0.1) is 0 Å². The first kappa shape index (κ1) is 16.8. The van der Waals surface area contributed by atoms with Crippen LogP contribution in [0.25, 0.3) is 0 Å². The molecule has 0 aliphatic heterocycles. The molecule has 0 radical (unpaired) electrons. The van der Waals surface area contributed by atoms with Crippen molar-refractivity contribution in [2.24, 2.45) is 11.3 Å². The lowest BCUT2D eigenvalue weighted by Crippen LogP contribution is -2.31. The van der Waals surface area contributed by atoms with Gasteiger partial charge in [-0.2, -0.15) is 0 Å². The van der Waals surface area contributed by atoms with Crippen LogP contribution in [0.3, 0.4) is 0 Å². The summed E-state index contributed by atoms with van der Waals surface area (Å²) in [6.07, 6.45) is 1.03. The second-order valence-corrected chi connectivity index (χ2v) is 6.14. The molecule has 1 N–H and O–H groups in total. The van der Waals surface area contributed by atoms with Crippen molar-refractivity contribution < 1.29 is 9.47 Å². The monoisotopic (exact) mass is 279 g/mol. The maximum absolute atomic E-state index is 5.91. The number of rotatable bonds is 8. The van der Waals surface area contributed by atoms with Crippen LogP contribution in [0.1, 0.15) is 34.1 Å². The SMILES string of the molecule is CCOc1ccccc1OCCC(CNC)C(C)(C)C. The van der Waals surface area contributed by atoms with E-state index in [0.29, 0.717) is 19.1 Å². The van der Waals surface area contributed by atoms with Crippen LogP contribution in [0.5, 0.6) is 11.5 Å². The third kappa shape index (κ3) is 5.41. The third-order valence-electron chi connectivity index (χ3n) is 3.55. The van der Waals surface area contributed by atoms with Crippen molar-refractivity contribution in [3.8, 4) is 11.5 Å². The summed E-state index contributed by atoms with van der Waals surface area (Å²) in [7, 11) is 2.00. The number of hydrogen-bond acceptors (Lipinski definition) is 3. The number of para-hydroxylation sites is 2. The van der Waals surface area contributed by atoms with Crippen LogP contribution in [0.15, 0.2) is 24.3 Å². The normalized spacial score (nSPS) is 13.1. The van der Waals surface area contributed by atoms with Crippen molar-refractivity contribution in [3.63, 3.8) is 0 Å². The molecule has 0 saturated heterocycles. The Hall–Kier alpha value is -1.22. The van der Waals surface area contributed by atoms with Gasteiger partial charge >= 0.3 is 0 Å². The molecular formula is C17H29NO2. The highest BCUT2D eigenvalue weighted by atomic mass is 16.5. The first-order valence-electron chi connectivity index (χ1n) is 7.48. The van der Waals surface area contributed by atoms with E-state index in [-0.39, 0.29) is 5.41 Å². The van der Waals surface area contributed by atoms with Crippen molar-refractivity contribution in [2.45, 2.75) is 34.1 Å². The fourth-order valence-electron chi connectivity index (χ4n) is 2.24. The Labute approximate surface area is 123 Å². The van der Waals surface area contributed by atoms with Crippen molar-refractivity contribution >= 4 is 0 Å². The molecule has 0 saturated carbocycles. The molecule has 1 unspecified atom stereocenters. The first-order chi connectivity index (χ1) is 9.49. The summed E-state index contributed by atoms with van der Waals surface area (Å²) < 4.78 is 11.5. The Kier molecular flexibility index (Phi) is 6.86. The minimum absolute atomic E-state index is 0.284. The van der Waals surface area contributed by atoms with Gasteiger partial charge in [-0.05, 0) is 50.4 Å². The number of benzene rings is 1. The van der Waals surface area contributed by atoms with Crippen molar-refractivity contribution in [1.29, 1.82) is 0 Å². The Morgan fingerprint density at radius 1 is 1.10 bits per heavy atom. The molecule has 114 valence electrons. The van der Waals surface area contributed by atoms with E-state index in [1.807, 2.05) is 38.2 Å². The van der Waals surface area contributed by atoms with Gasteiger partial charge in [0, 0.05) is 0 Å². The van der Waals surface area contributed by atoms with Crippen LogP contribution in [-0.2, 0) is 0 Å². The quantitative estimate of drug-likeness (QED) is 0.786. The Balaban J connectivity index is 2.54. The minimum Gasteiger partial charge on any atom is -0.490 e. The molecular weight excluding hydrogens is 250 g/mol. The first-order valence-corrected chi connectivity index (χ1v) is 7.48. The van der Waals surface area contributed by atoms with Crippen LogP contribution in [0.4, 0.5) is 0 Å². The van der Waals surface area contributed by atoms with E-state index in [1.165, 1.54) is 0 Å². The van der Waals surface area contributed by atoms with Crippen LogP contribution < -0.4 is 14.8 Å². The average Bonchev–Trinajstić information content (AvgIpc) is 2.39. The van der Waals surface area contributed by atoms with E-state index in [4.69, 9.17) is 9.47 Å². The standard InChI is InChI=1S/C17H29NO2/c1-6-19-15-9-7-8-10-16(15)20-12-11-14(13-18-5)17(2,3)4/h7-10,14,18H,6,11-13H2,1-5H3. The van der Waals surface area contributed by atoms with Gasteiger partial charge in [-0.25, -0.2) is 0 Å². The molecule has 0 aliphatic rings. The van der Waals surface area contributed by atoms with Crippen LogP contribution >= 0.6 is 0 Å². The van der Waals surface area contributed by atoms with Crippen LogP contribution in [0, 0.1) is 11.3 Å². The molecule has 1 aromatic rings. The topological polar surface area (TPSA) is 30.5 Å². The fraction of sp³-hybridized carbons (Fsp3) is 0.647. The number of nitrogens with one attached hydrogen (secondary N) is 1. The van der Waals surface area contributed by atoms with E-state index >= 15 is 0 Å². The van der Waals surface area contributed by atoms with Crippen molar-refractivity contribution in [3.05, 3.63) is 24.3 Å². The highest BCUT2D eigenvalue weighted by Crippen LogP contribution is 2.30. The summed E-state index contributed by atoms with van der Waals surface area (Å²) in [4.78, 5) is 0. The summed E-state index contributed by atoms with van der Waals surface area (Å²) in [5.41, 5.74) is 0.284. The molecule has 0 bridgehead atoms. The van der Waals surface area contributed by atoms with Gasteiger partial charge in [0.05, 0.1) is 13.2 Å². The molecule has 1 aromatic carbocycles. The highest BCUT2D eigenvalue weighted by molar-refractivity contribution is 5.39. The fourth-order valence-corrected chi connectivity index (χ4v) is 2.24. The minimum atomic E-state index is 0.284. The Morgan fingerprint density at radius 3 is 2.20 bits per heavy atom. The number of ether oxygens (including phenoxy) is 2. The van der Waals surface area contributed by atoms with Crippen LogP contribution in [0.2, 0.25) is 0 Å². The van der Waals surface area contributed by atoms with Crippen molar-refractivity contribution in [1.82, 2.24) is 5.32 Å². The van der Waals surface area contributed by atoms with E-state index in [2.05, 4.69) is 26.1 Å². The second kappa shape index (κ2) is 8.15. The van der Waals surface area contributed by atoms with Gasteiger partial charge in [0.25, 0.3) is 0 Å². The van der Waals surface area contributed by atoms with Gasteiger partial charge in [0.2, 0.25) is 0 Å². The molecule has 0 amide bonds. The zero-order chi connectivity index (χ0) is 15.0. The van der Waals surface area contributed by atoms with Crippen molar-refractivity contribution in [2.75, 3.05) is 26.8 Å². The summed E-state index contributed by atoms with van der Waals surface area (Å²) >= 11 is 0. The van der Waals surface area contributed by atoms with Gasteiger partial charge < -0.3 is 14.8 Å². The second-order valence-electron chi connectivity index (χ2n) is 6.14. The van der Waals surface area contributed by atoms with Gasteiger partial charge in [-0.3, -0.25) is 0 Å². The molecule has 0 spiro atoms. The maximum atomic E-state index is 5.91. The largest absolute Gasteiger partial charge is 0.490 e. The molecule has 3 nitrogen and oxygen atoms in total. The van der Waals surface area contributed by atoms with E-state index in [1.54, 1.807) is 0 Å². The average molecular weight is 279 g/mol. The molecule has 20 heavy (non-hydrogen) atoms. The highest BCUT2D eigenvalue weighted by Gasteiger charge is 2.23. The Morgan fingerprint density at radius 2 is 1.70 bits per heavy atom. The van der Waals surface area contributed by atoms with E-state index in [9.17, 15) is 0 Å². The lowest BCUT2D eigenvalue weighted by atomic mass is 9.79.